The minimum atomic E-state index is -4.03. The molecule has 0 aromatic heterocycles. The van der Waals surface area contributed by atoms with Gasteiger partial charge >= 0.3 is 0 Å². The molecule has 1 saturated heterocycles. The zero-order valence-electron chi connectivity index (χ0n) is 16.0. The highest BCUT2D eigenvalue weighted by molar-refractivity contribution is 7.89. The van der Waals surface area contributed by atoms with Gasteiger partial charge in [0.25, 0.3) is 0 Å². The number of piperazine rings is 1. The molecule has 0 bridgehead atoms. The molecule has 1 N–H and O–H groups in total. The summed E-state index contributed by atoms with van der Waals surface area (Å²) in [6.45, 7) is 3.47. The maximum Gasteiger partial charge on any atom is 0.246 e. The molecule has 9 heteroatoms. The lowest BCUT2D eigenvalue weighted by atomic mass is 9.86. The van der Waals surface area contributed by atoms with E-state index in [1.807, 2.05) is 4.90 Å². The Labute approximate surface area is 164 Å². The van der Waals surface area contributed by atoms with Crippen LogP contribution in [-0.2, 0) is 14.8 Å². The number of nitrogens with one attached hydrogen (secondary N) is 1. The van der Waals surface area contributed by atoms with Gasteiger partial charge in [0.15, 0.2) is 0 Å². The van der Waals surface area contributed by atoms with Crippen molar-refractivity contribution in [3.8, 4) is 0 Å². The predicted octanol–water partition coefficient (Wildman–Crippen LogP) is 1.97. The number of amides is 1. The third-order valence-electron chi connectivity index (χ3n) is 5.67. The molecule has 1 aliphatic carbocycles. The lowest BCUT2D eigenvalue weighted by molar-refractivity contribution is -0.123. The fraction of sp³-hybridized carbons (Fsp3) is 0.632. The van der Waals surface area contributed by atoms with Crippen molar-refractivity contribution >= 4 is 15.9 Å². The molecule has 1 aliphatic heterocycles. The Bertz CT molecular complexity index is 811. The molecule has 1 heterocycles. The van der Waals surface area contributed by atoms with Crippen molar-refractivity contribution in [3.05, 3.63) is 29.8 Å². The third kappa shape index (κ3) is 4.87. The summed E-state index contributed by atoms with van der Waals surface area (Å²) < 4.78 is 53.4. The maximum atomic E-state index is 13.9. The summed E-state index contributed by atoms with van der Waals surface area (Å²) in [5.41, 5.74) is 0. The van der Waals surface area contributed by atoms with E-state index in [0.717, 1.165) is 31.4 Å². The number of hydrogen-bond donors (Lipinski definition) is 1. The Kier molecular flexibility index (Phi) is 6.67. The summed E-state index contributed by atoms with van der Waals surface area (Å²) in [4.78, 5) is 13.7. The monoisotopic (exact) mass is 415 g/mol. The largest absolute Gasteiger partial charge is 0.352 e. The molecule has 0 spiro atoms. The van der Waals surface area contributed by atoms with Crippen molar-refractivity contribution in [2.24, 2.45) is 5.92 Å². The average Bonchev–Trinajstić information content (AvgIpc) is 2.64. The minimum absolute atomic E-state index is 0.0420. The van der Waals surface area contributed by atoms with Crippen LogP contribution < -0.4 is 5.32 Å². The highest BCUT2D eigenvalue weighted by atomic mass is 32.2. The predicted molar refractivity (Wildman–Crippen MR) is 101 cm³/mol. The fourth-order valence-corrected chi connectivity index (χ4v) is 5.41. The van der Waals surface area contributed by atoms with Gasteiger partial charge in [0.05, 0.1) is 6.54 Å². The lowest BCUT2D eigenvalue weighted by Gasteiger charge is -2.34. The number of carbonyl (C=O) groups excluding carboxylic acids is 1. The van der Waals surface area contributed by atoms with Gasteiger partial charge < -0.3 is 5.32 Å². The van der Waals surface area contributed by atoms with Crippen molar-refractivity contribution in [1.29, 1.82) is 0 Å². The van der Waals surface area contributed by atoms with Gasteiger partial charge in [0, 0.05) is 38.3 Å². The smallest absolute Gasteiger partial charge is 0.246 e. The van der Waals surface area contributed by atoms with Crippen molar-refractivity contribution in [3.63, 3.8) is 0 Å². The van der Waals surface area contributed by atoms with Gasteiger partial charge in [-0.3, -0.25) is 9.69 Å². The van der Waals surface area contributed by atoms with Gasteiger partial charge in [0.1, 0.15) is 16.5 Å². The quantitative estimate of drug-likeness (QED) is 0.798. The Balaban J connectivity index is 1.53. The molecule has 1 aromatic rings. The number of hydrogen-bond acceptors (Lipinski definition) is 4. The molecule has 0 radical (unpaired) electrons. The second kappa shape index (κ2) is 8.84. The van der Waals surface area contributed by atoms with Crippen LogP contribution in [0.25, 0.3) is 0 Å². The number of benzene rings is 1. The van der Waals surface area contributed by atoms with E-state index in [2.05, 4.69) is 12.2 Å². The fourth-order valence-electron chi connectivity index (χ4n) is 3.94. The van der Waals surface area contributed by atoms with Gasteiger partial charge in [-0.25, -0.2) is 17.2 Å². The normalized spacial score (nSPS) is 24.8. The molecule has 28 heavy (non-hydrogen) atoms. The van der Waals surface area contributed by atoms with Crippen molar-refractivity contribution in [1.82, 2.24) is 14.5 Å². The zero-order valence-corrected chi connectivity index (χ0v) is 16.9. The molecule has 1 aromatic carbocycles. The summed E-state index contributed by atoms with van der Waals surface area (Å²) >= 11 is 0. The SMILES string of the molecule is C[C@@H]1CCCC[C@H]1NC(=O)CN1CCN(S(=O)(=O)c2ccc(F)cc2F)CC1. The van der Waals surface area contributed by atoms with Crippen LogP contribution in [0.4, 0.5) is 8.78 Å². The van der Waals surface area contributed by atoms with Gasteiger partial charge in [-0.15, -0.1) is 0 Å². The van der Waals surface area contributed by atoms with Crippen molar-refractivity contribution in [2.45, 2.75) is 43.5 Å². The standard InChI is InChI=1S/C19H27F2N3O3S/c1-14-4-2-3-5-17(14)22-19(25)13-23-8-10-24(11-9-23)28(26,27)18-7-6-15(20)12-16(18)21/h6-7,12,14,17H,2-5,8-11,13H2,1H3,(H,22,25)/t14-,17-/m1/s1. The van der Waals surface area contributed by atoms with Crippen molar-refractivity contribution in [2.75, 3.05) is 32.7 Å². The van der Waals surface area contributed by atoms with Gasteiger partial charge in [-0.05, 0) is 30.9 Å². The first-order valence-corrected chi connectivity index (χ1v) is 11.2. The summed E-state index contributed by atoms with van der Waals surface area (Å²) in [6.07, 6.45) is 4.47. The average molecular weight is 416 g/mol. The molecular weight excluding hydrogens is 388 g/mol. The van der Waals surface area contributed by atoms with Crippen LogP contribution in [0.2, 0.25) is 0 Å². The maximum absolute atomic E-state index is 13.9. The van der Waals surface area contributed by atoms with E-state index in [1.54, 1.807) is 0 Å². The number of sulfonamides is 1. The molecule has 3 rings (SSSR count). The second-order valence-corrected chi connectivity index (χ2v) is 9.60. The first kappa shape index (κ1) is 21.1. The minimum Gasteiger partial charge on any atom is -0.352 e. The Hall–Kier alpha value is -1.58. The number of nitrogens with zero attached hydrogens (tertiary/aromatic N) is 2. The lowest BCUT2D eigenvalue weighted by Crippen LogP contribution is -2.52. The summed E-state index contributed by atoms with van der Waals surface area (Å²) in [6, 6.07) is 2.66. The van der Waals surface area contributed by atoms with E-state index >= 15 is 0 Å². The van der Waals surface area contributed by atoms with E-state index in [9.17, 15) is 22.0 Å². The van der Waals surface area contributed by atoms with Crippen LogP contribution in [0, 0.1) is 17.6 Å². The Morgan fingerprint density at radius 3 is 2.46 bits per heavy atom. The van der Waals surface area contributed by atoms with Crippen LogP contribution in [0.5, 0.6) is 0 Å². The van der Waals surface area contributed by atoms with Crippen molar-refractivity contribution < 1.29 is 22.0 Å². The highest BCUT2D eigenvalue weighted by Crippen LogP contribution is 2.24. The van der Waals surface area contributed by atoms with E-state index in [-0.39, 0.29) is 31.6 Å². The molecule has 2 fully saturated rings. The summed E-state index contributed by atoms with van der Waals surface area (Å²) in [5, 5.41) is 3.10. The molecule has 1 amide bonds. The van der Waals surface area contributed by atoms with Crippen LogP contribution in [0.3, 0.4) is 0 Å². The van der Waals surface area contributed by atoms with Crippen LogP contribution >= 0.6 is 0 Å². The molecule has 2 atom stereocenters. The Morgan fingerprint density at radius 2 is 1.82 bits per heavy atom. The third-order valence-corrected chi connectivity index (χ3v) is 7.60. The molecule has 156 valence electrons. The van der Waals surface area contributed by atoms with Gasteiger partial charge in [0.2, 0.25) is 15.9 Å². The van der Waals surface area contributed by atoms with E-state index in [0.29, 0.717) is 25.1 Å². The summed E-state index contributed by atoms with van der Waals surface area (Å²) in [5.74, 6) is -1.48. The molecule has 6 nitrogen and oxygen atoms in total. The van der Waals surface area contributed by atoms with E-state index in [1.165, 1.54) is 10.7 Å². The number of carbonyl (C=O) groups is 1. The second-order valence-electron chi connectivity index (χ2n) is 7.69. The first-order valence-electron chi connectivity index (χ1n) is 9.74. The number of halogens is 2. The van der Waals surface area contributed by atoms with E-state index in [4.69, 9.17) is 0 Å². The van der Waals surface area contributed by atoms with E-state index < -0.39 is 26.6 Å². The van der Waals surface area contributed by atoms with Gasteiger partial charge in [-0.1, -0.05) is 19.8 Å². The van der Waals surface area contributed by atoms with Crippen LogP contribution in [0.15, 0.2) is 23.1 Å². The Morgan fingerprint density at radius 1 is 1.14 bits per heavy atom. The zero-order chi connectivity index (χ0) is 20.3. The van der Waals surface area contributed by atoms with Crippen LogP contribution in [0.1, 0.15) is 32.6 Å². The summed E-state index contributed by atoms with van der Waals surface area (Å²) in [7, 11) is -4.03. The topological polar surface area (TPSA) is 69.7 Å². The molecule has 0 unspecified atom stereocenters. The van der Waals surface area contributed by atoms with Gasteiger partial charge in [-0.2, -0.15) is 4.31 Å². The molecular formula is C19H27F2N3O3S. The first-order chi connectivity index (χ1) is 13.3. The number of rotatable bonds is 5. The molecule has 2 aliphatic rings. The van der Waals surface area contributed by atoms with Crippen LogP contribution in [-0.4, -0.2) is 62.3 Å². The molecule has 1 saturated carbocycles. The highest BCUT2D eigenvalue weighted by Gasteiger charge is 2.31.